The third-order valence-electron chi connectivity index (χ3n) is 4.40. The van der Waals surface area contributed by atoms with Crippen LogP contribution in [-0.4, -0.2) is 32.0 Å². The first kappa shape index (κ1) is 21.8. The molecule has 1 heterocycles. The van der Waals surface area contributed by atoms with E-state index in [0.717, 1.165) is 15.8 Å². The number of sulfone groups is 1. The van der Waals surface area contributed by atoms with Crippen LogP contribution in [0, 0.1) is 11.3 Å². The fraction of sp³-hybridized carbons (Fsp3) is 0.182. The van der Waals surface area contributed by atoms with Crippen LogP contribution in [0.4, 0.5) is 0 Å². The summed E-state index contributed by atoms with van der Waals surface area (Å²) >= 11 is 3.40. The molecule has 0 radical (unpaired) electrons. The number of nitrogens with zero attached hydrogens (tertiary/aromatic N) is 2. The van der Waals surface area contributed by atoms with Crippen molar-refractivity contribution in [2.45, 2.75) is 12.3 Å². The van der Waals surface area contributed by atoms with Gasteiger partial charge in [0, 0.05) is 22.6 Å². The predicted molar refractivity (Wildman–Crippen MR) is 117 cm³/mol. The van der Waals surface area contributed by atoms with Gasteiger partial charge in [-0.05, 0) is 42.0 Å². The van der Waals surface area contributed by atoms with Crippen molar-refractivity contribution in [3.63, 3.8) is 0 Å². The molecule has 0 fully saturated rings. The van der Waals surface area contributed by atoms with Gasteiger partial charge in [0.2, 0.25) is 0 Å². The molecule has 154 valence electrons. The molecule has 1 amide bonds. The minimum atomic E-state index is -3.47. The normalized spacial score (nSPS) is 11.1. The van der Waals surface area contributed by atoms with Crippen LogP contribution in [0.3, 0.4) is 0 Å². The van der Waals surface area contributed by atoms with Crippen molar-refractivity contribution < 1.29 is 17.6 Å². The van der Waals surface area contributed by atoms with E-state index < -0.39 is 15.6 Å². The van der Waals surface area contributed by atoms with Gasteiger partial charge >= 0.3 is 0 Å². The molecule has 2 aromatic carbocycles. The Morgan fingerprint density at radius 1 is 1.07 bits per heavy atom. The van der Waals surface area contributed by atoms with Crippen LogP contribution in [0.25, 0.3) is 11.3 Å². The van der Waals surface area contributed by atoms with Gasteiger partial charge in [-0.15, -0.1) is 0 Å². The minimum absolute atomic E-state index is 0.206. The Kier molecular flexibility index (Phi) is 6.75. The Morgan fingerprint density at radius 3 is 2.37 bits per heavy atom. The summed E-state index contributed by atoms with van der Waals surface area (Å²) in [6.07, 6.45) is 0. The average molecular weight is 487 g/mol. The van der Waals surface area contributed by atoms with Crippen LogP contribution in [0.15, 0.2) is 69.6 Å². The first-order chi connectivity index (χ1) is 14.3. The minimum Gasteiger partial charge on any atom is -0.459 e. The van der Waals surface area contributed by atoms with E-state index in [-0.39, 0.29) is 11.7 Å². The van der Waals surface area contributed by atoms with E-state index in [2.05, 4.69) is 15.9 Å². The summed E-state index contributed by atoms with van der Waals surface area (Å²) in [4.78, 5) is 14.2. The average Bonchev–Trinajstić information content (AvgIpc) is 3.16. The van der Waals surface area contributed by atoms with Gasteiger partial charge in [-0.3, -0.25) is 4.79 Å². The van der Waals surface area contributed by atoms with Gasteiger partial charge in [0.05, 0.1) is 18.4 Å². The van der Waals surface area contributed by atoms with Crippen molar-refractivity contribution >= 4 is 31.7 Å². The number of carbonyl (C=O) groups excluding carboxylic acids is 1. The van der Waals surface area contributed by atoms with Crippen molar-refractivity contribution in [2.24, 2.45) is 0 Å². The fourth-order valence-electron chi connectivity index (χ4n) is 2.91. The van der Waals surface area contributed by atoms with E-state index >= 15 is 0 Å². The molecule has 0 atom stereocenters. The third kappa shape index (κ3) is 5.59. The van der Waals surface area contributed by atoms with E-state index in [4.69, 9.17) is 9.68 Å². The van der Waals surface area contributed by atoms with Crippen LogP contribution in [0.2, 0.25) is 0 Å². The van der Waals surface area contributed by atoms with E-state index in [0.29, 0.717) is 23.4 Å². The van der Waals surface area contributed by atoms with E-state index in [1.807, 2.05) is 36.4 Å². The highest BCUT2D eigenvalue weighted by atomic mass is 79.9. The molecule has 0 saturated heterocycles. The quantitative estimate of drug-likeness (QED) is 0.492. The van der Waals surface area contributed by atoms with Crippen molar-refractivity contribution in [3.05, 3.63) is 82.0 Å². The lowest BCUT2D eigenvalue weighted by atomic mass is 10.1. The lowest BCUT2D eigenvalue weighted by Crippen LogP contribution is -2.26. The molecule has 6 nitrogen and oxygen atoms in total. The Balaban J connectivity index is 1.65. The van der Waals surface area contributed by atoms with Gasteiger partial charge in [-0.25, -0.2) is 8.42 Å². The number of nitriles is 1. The Morgan fingerprint density at radius 2 is 1.73 bits per heavy atom. The molecular weight excluding hydrogens is 468 g/mol. The molecule has 0 unspecified atom stereocenters. The zero-order chi connectivity index (χ0) is 21.7. The molecule has 0 spiro atoms. The molecule has 0 aliphatic carbocycles. The molecule has 8 heteroatoms. The molecule has 0 aliphatic rings. The van der Waals surface area contributed by atoms with Gasteiger partial charge in [-0.1, -0.05) is 40.2 Å². The highest BCUT2D eigenvalue weighted by Crippen LogP contribution is 2.24. The smallest absolute Gasteiger partial charge is 0.254 e. The summed E-state index contributed by atoms with van der Waals surface area (Å²) in [6, 6.07) is 19.5. The molecule has 30 heavy (non-hydrogen) atoms. The molecule has 0 N–H and O–H groups in total. The number of hydrogen-bond donors (Lipinski definition) is 0. The van der Waals surface area contributed by atoms with Gasteiger partial charge in [0.1, 0.15) is 17.3 Å². The van der Waals surface area contributed by atoms with Crippen molar-refractivity contribution in [3.8, 4) is 17.4 Å². The predicted octanol–water partition coefficient (Wildman–Crippen LogP) is 4.42. The van der Waals surface area contributed by atoms with Crippen LogP contribution in [-0.2, 0) is 22.1 Å². The standard InChI is InChI=1S/C22H19BrN2O4S/c1-25(14-20-10-11-21(29-20)17-6-8-19(23)9-7-17)22(26)18-4-2-16(3-5-18)15-30(27,28)13-12-24/h2-11H,13-15H2,1H3. The number of rotatable bonds is 7. The summed E-state index contributed by atoms with van der Waals surface area (Å²) in [5, 5.41) is 8.57. The lowest BCUT2D eigenvalue weighted by molar-refractivity contribution is 0.0775. The summed E-state index contributed by atoms with van der Waals surface area (Å²) in [6.45, 7) is 0.299. The van der Waals surface area contributed by atoms with Gasteiger partial charge in [-0.2, -0.15) is 5.26 Å². The molecule has 3 rings (SSSR count). The third-order valence-corrected chi connectivity index (χ3v) is 6.27. The monoisotopic (exact) mass is 486 g/mol. The summed E-state index contributed by atoms with van der Waals surface area (Å²) in [7, 11) is -1.79. The van der Waals surface area contributed by atoms with Crippen molar-refractivity contribution in [1.29, 1.82) is 5.26 Å². The number of halogens is 1. The molecule has 0 saturated carbocycles. The number of carbonyl (C=O) groups is 1. The first-order valence-electron chi connectivity index (χ1n) is 9.04. The molecule has 0 aliphatic heterocycles. The van der Waals surface area contributed by atoms with Gasteiger partial charge in [0.15, 0.2) is 9.84 Å². The molecular formula is C22H19BrN2O4S. The first-order valence-corrected chi connectivity index (χ1v) is 11.7. The maximum Gasteiger partial charge on any atom is 0.254 e. The SMILES string of the molecule is CN(Cc1ccc(-c2ccc(Br)cc2)o1)C(=O)c1ccc(CS(=O)(=O)CC#N)cc1. The second kappa shape index (κ2) is 9.28. The largest absolute Gasteiger partial charge is 0.459 e. The highest BCUT2D eigenvalue weighted by Gasteiger charge is 2.16. The second-order valence-corrected chi connectivity index (χ2v) is 9.80. The lowest BCUT2D eigenvalue weighted by Gasteiger charge is -2.16. The Hall–Kier alpha value is -2.89. The van der Waals surface area contributed by atoms with Crippen LogP contribution in [0.5, 0.6) is 0 Å². The topological polar surface area (TPSA) is 91.4 Å². The maximum atomic E-state index is 12.7. The molecule has 3 aromatic rings. The Labute approximate surface area is 183 Å². The van der Waals surface area contributed by atoms with E-state index in [9.17, 15) is 13.2 Å². The van der Waals surface area contributed by atoms with Gasteiger partial charge in [0.25, 0.3) is 5.91 Å². The summed E-state index contributed by atoms with van der Waals surface area (Å²) in [5.41, 5.74) is 1.92. The number of hydrogen-bond acceptors (Lipinski definition) is 5. The highest BCUT2D eigenvalue weighted by molar-refractivity contribution is 9.10. The number of benzene rings is 2. The van der Waals surface area contributed by atoms with Gasteiger partial charge < -0.3 is 9.32 Å². The second-order valence-electron chi connectivity index (χ2n) is 6.82. The molecule has 1 aromatic heterocycles. The summed E-state index contributed by atoms with van der Waals surface area (Å²) in [5.74, 6) is 0.421. The Bertz CT molecular complexity index is 1180. The van der Waals surface area contributed by atoms with Crippen LogP contribution in [0.1, 0.15) is 21.7 Å². The summed E-state index contributed by atoms with van der Waals surface area (Å²) < 4.78 is 30.3. The fourth-order valence-corrected chi connectivity index (χ4v) is 4.17. The zero-order valence-electron chi connectivity index (χ0n) is 16.2. The maximum absolute atomic E-state index is 12.7. The van der Waals surface area contributed by atoms with E-state index in [1.165, 1.54) is 4.90 Å². The van der Waals surface area contributed by atoms with Crippen molar-refractivity contribution in [1.82, 2.24) is 4.90 Å². The van der Waals surface area contributed by atoms with E-state index in [1.54, 1.807) is 37.4 Å². The zero-order valence-corrected chi connectivity index (χ0v) is 18.6. The number of amides is 1. The van der Waals surface area contributed by atoms with Crippen molar-refractivity contribution in [2.75, 3.05) is 12.8 Å². The molecule has 0 bridgehead atoms. The van der Waals surface area contributed by atoms with Crippen LogP contribution < -0.4 is 0 Å². The van der Waals surface area contributed by atoms with Crippen LogP contribution >= 0.6 is 15.9 Å². The number of furan rings is 1.